The molecule has 3 saturated heterocycles. The van der Waals surface area contributed by atoms with E-state index in [2.05, 4.69) is 5.32 Å². The second kappa shape index (κ2) is 13.6. The van der Waals surface area contributed by atoms with E-state index < -0.39 is 16.1 Å². The molecule has 224 valence electrons. The van der Waals surface area contributed by atoms with Gasteiger partial charge in [0.25, 0.3) is 0 Å². The lowest BCUT2D eigenvalue weighted by atomic mass is 9.75. The number of nitrogens with one attached hydrogen (secondary N) is 1. The van der Waals surface area contributed by atoms with Crippen LogP contribution in [0.25, 0.3) is 0 Å². The molecule has 1 unspecified atom stereocenters. The van der Waals surface area contributed by atoms with Crippen LogP contribution >= 0.6 is 11.6 Å². The molecule has 0 saturated carbocycles. The Morgan fingerprint density at radius 2 is 1.88 bits per heavy atom. The first-order chi connectivity index (χ1) is 19.7. The van der Waals surface area contributed by atoms with E-state index in [0.29, 0.717) is 67.6 Å². The van der Waals surface area contributed by atoms with Crippen LogP contribution in [0.15, 0.2) is 42.5 Å². The van der Waals surface area contributed by atoms with Gasteiger partial charge < -0.3 is 15.8 Å². The molecule has 5 atom stereocenters. The molecule has 0 radical (unpaired) electrons. The number of ketones is 1. The number of Topliss-reactive ketones (excluding diaryl/α,β-unsaturated/α-hetero) is 1. The molecule has 0 aromatic heterocycles. The van der Waals surface area contributed by atoms with Crippen LogP contribution in [0.4, 0.5) is 4.39 Å². The van der Waals surface area contributed by atoms with Gasteiger partial charge in [0.2, 0.25) is 10.0 Å². The van der Waals surface area contributed by atoms with Crippen molar-refractivity contribution in [2.75, 3.05) is 38.6 Å². The van der Waals surface area contributed by atoms with E-state index in [1.165, 1.54) is 6.07 Å². The number of rotatable bonds is 9. The highest BCUT2D eigenvalue weighted by atomic mass is 35.5. The Morgan fingerprint density at radius 1 is 1.12 bits per heavy atom. The summed E-state index contributed by atoms with van der Waals surface area (Å²) in [5.41, 5.74) is 8.76. The fraction of sp³-hybridized carbons (Fsp3) is 0.581. The van der Waals surface area contributed by atoms with E-state index in [0.717, 1.165) is 31.4 Å². The molecule has 10 heteroatoms. The highest BCUT2D eigenvalue weighted by molar-refractivity contribution is 7.89. The van der Waals surface area contributed by atoms with Crippen molar-refractivity contribution >= 4 is 27.4 Å². The highest BCUT2D eigenvalue weighted by Crippen LogP contribution is 2.36. The number of hydrogen-bond acceptors (Lipinski definition) is 6. The molecule has 2 aromatic carbocycles. The molecule has 3 heterocycles. The summed E-state index contributed by atoms with van der Waals surface area (Å²) in [4.78, 5) is 13.7. The number of nitrogens with zero attached hydrogens (tertiary/aromatic N) is 1. The van der Waals surface area contributed by atoms with Crippen molar-refractivity contribution < 1.29 is 22.3 Å². The smallest absolute Gasteiger partial charge is 0.214 e. The van der Waals surface area contributed by atoms with Gasteiger partial charge >= 0.3 is 0 Å². The normalized spacial score (nSPS) is 26.5. The van der Waals surface area contributed by atoms with Crippen LogP contribution in [-0.4, -0.2) is 69.2 Å². The van der Waals surface area contributed by atoms with Crippen LogP contribution in [0.3, 0.4) is 0 Å². The van der Waals surface area contributed by atoms with Crippen molar-refractivity contribution in [3.63, 3.8) is 0 Å². The Bertz CT molecular complexity index is 1300. The zero-order valence-electron chi connectivity index (χ0n) is 23.4. The molecule has 5 rings (SSSR count). The Labute approximate surface area is 248 Å². The average molecular weight is 606 g/mol. The van der Waals surface area contributed by atoms with Crippen LogP contribution in [-0.2, 0) is 32.4 Å². The number of halogens is 2. The maximum absolute atomic E-state index is 15.2. The minimum absolute atomic E-state index is 0.0224. The monoisotopic (exact) mass is 605 g/mol. The van der Waals surface area contributed by atoms with Crippen molar-refractivity contribution in [1.82, 2.24) is 9.62 Å². The molecule has 7 nitrogen and oxygen atoms in total. The summed E-state index contributed by atoms with van der Waals surface area (Å²) in [5, 5.41) is 4.04. The van der Waals surface area contributed by atoms with Gasteiger partial charge in [-0.15, -0.1) is 0 Å². The molecule has 41 heavy (non-hydrogen) atoms. The van der Waals surface area contributed by atoms with E-state index in [1.54, 1.807) is 16.4 Å². The zero-order valence-corrected chi connectivity index (χ0v) is 25.0. The summed E-state index contributed by atoms with van der Waals surface area (Å²) in [5.74, 6) is -0.0566. The topological polar surface area (TPSA) is 102 Å². The number of carbonyl (C=O) groups excluding carboxylic acids is 1. The molecular formula is C31H41ClFN3O4S. The van der Waals surface area contributed by atoms with Gasteiger partial charge in [-0.25, -0.2) is 12.8 Å². The summed E-state index contributed by atoms with van der Waals surface area (Å²) in [6.07, 6.45) is 4.03. The molecule has 3 fully saturated rings. The summed E-state index contributed by atoms with van der Waals surface area (Å²) < 4.78 is 48.5. The van der Waals surface area contributed by atoms with Crippen molar-refractivity contribution in [2.45, 2.75) is 62.9 Å². The molecule has 2 aromatic rings. The Hall–Kier alpha value is -1.88. The molecule has 0 aliphatic carbocycles. The van der Waals surface area contributed by atoms with E-state index >= 15 is 4.39 Å². The zero-order chi connectivity index (χ0) is 29.0. The molecule has 0 amide bonds. The molecule has 2 bridgehead atoms. The quantitative estimate of drug-likeness (QED) is 0.447. The maximum atomic E-state index is 15.2. The lowest BCUT2D eigenvalue weighted by Gasteiger charge is -2.34. The van der Waals surface area contributed by atoms with Gasteiger partial charge in [-0.2, -0.15) is 4.31 Å². The van der Waals surface area contributed by atoms with Crippen LogP contribution in [0, 0.1) is 17.7 Å². The van der Waals surface area contributed by atoms with Crippen molar-refractivity contribution in [3.8, 4) is 0 Å². The standard InChI is InChI=1S/C31H41ClFN3O4S/c32-25-8-6-22(7-9-25)30(23-12-14-40-15-13-23)31(34)29(37)17-24-4-1-5-28(33)27(24)11-10-26-19-35-18-21-3-2-16-41(38,39)36(26)20-21/h1,4-9,21,23,26,30-31,35H,2-3,10-20,34H2/t21-,26-,30-,31+/m0/s1. The maximum Gasteiger partial charge on any atom is 0.214 e. The summed E-state index contributed by atoms with van der Waals surface area (Å²) in [6, 6.07) is 11.3. The first kappa shape index (κ1) is 30.6. The molecule has 3 N–H and O–H groups in total. The van der Waals surface area contributed by atoms with Gasteiger partial charge in [-0.3, -0.25) is 4.79 Å². The SMILES string of the molecule is N[C@H](C(=O)Cc1cccc(F)c1CC[C@H]1CNC[C@@H]2CCCS(=O)(=O)N1C2)[C@@H](c1ccc(Cl)cc1)C1CCOCC1. The number of benzene rings is 2. The molecular weight excluding hydrogens is 565 g/mol. The first-order valence-electron chi connectivity index (χ1n) is 14.8. The van der Waals surface area contributed by atoms with E-state index in [9.17, 15) is 13.2 Å². The van der Waals surface area contributed by atoms with E-state index in [1.807, 2.05) is 24.3 Å². The van der Waals surface area contributed by atoms with E-state index in [-0.39, 0.29) is 41.7 Å². The summed E-state index contributed by atoms with van der Waals surface area (Å²) in [7, 11) is -3.36. The Balaban J connectivity index is 1.33. The third-order valence-electron chi connectivity index (χ3n) is 9.13. The van der Waals surface area contributed by atoms with Gasteiger partial charge in [-0.05, 0) is 91.8 Å². The lowest BCUT2D eigenvalue weighted by molar-refractivity contribution is -0.120. The number of fused-ring (bicyclic) bond motifs is 2. The highest BCUT2D eigenvalue weighted by Gasteiger charge is 2.37. The second-order valence-corrected chi connectivity index (χ2v) is 14.3. The Kier molecular flexibility index (Phi) is 10.2. The fourth-order valence-electron chi connectivity index (χ4n) is 6.87. The van der Waals surface area contributed by atoms with Gasteiger partial charge in [0.05, 0.1) is 11.8 Å². The predicted molar refractivity (Wildman–Crippen MR) is 159 cm³/mol. The van der Waals surface area contributed by atoms with Crippen LogP contribution < -0.4 is 11.1 Å². The number of nitrogens with two attached hydrogens (primary N) is 1. The summed E-state index contributed by atoms with van der Waals surface area (Å²) >= 11 is 6.14. The summed E-state index contributed by atoms with van der Waals surface area (Å²) in [6.45, 7) is 3.11. The number of ether oxygens (including phenoxy) is 1. The van der Waals surface area contributed by atoms with Gasteiger partial charge in [-0.1, -0.05) is 35.9 Å². The second-order valence-electron chi connectivity index (χ2n) is 11.8. The van der Waals surface area contributed by atoms with Crippen LogP contribution in [0.2, 0.25) is 5.02 Å². The van der Waals surface area contributed by atoms with Crippen molar-refractivity contribution in [3.05, 3.63) is 70.0 Å². The number of carbonyl (C=O) groups is 1. The lowest BCUT2D eigenvalue weighted by Crippen LogP contribution is -2.44. The minimum atomic E-state index is -3.36. The molecule has 3 aliphatic rings. The van der Waals surface area contributed by atoms with E-state index in [4.69, 9.17) is 22.1 Å². The number of sulfonamides is 1. The van der Waals surface area contributed by atoms with Gasteiger partial charge in [0.15, 0.2) is 5.78 Å². The molecule has 0 spiro atoms. The van der Waals surface area contributed by atoms with Gasteiger partial charge in [0.1, 0.15) is 5.82 Å². The van der Waals surface area contributed by atoms with Crippen molar-refractivity contribution in [1.29, 1.82) is 0 Å². The first-order valence-corrected chi connectivity index (χ1v) is 16.8. The Morgan fingerprint density at radius 3 is 2.63 bits per heavy atom. The largest absolute Gasteiger partial charge is 0.381 e. The third kappa shape index (κ3) is 7.37. The van der Waals surface area contributed by atoms with Crippen molar-refractivity contribution in [2.24, 2.45) is 17.6 Å². The molecule has 3 aliphatic heterocycles. The third-order valence-corrected chi connectivity index (χ3v) is 11.3. The van der Waals surface area contributed by atoms with Crippen LogP contribution in [0.1, 0.15) is 54.7 Å². The van der Waals surface area contributed by atoms with Gasteiger partial charge in [0, 0.05) is 49.7 Å². The average Bonchev–Trinajstić information content (AvgIpc) is 3.25. The fourth-order valence-corrected chi connectivity index (χ4v) is 8.84. The number of hydrogen-bond donors (Lipinski definition) is 2. The predicted octanol–water partition coefficient (Wildman–Crippen LogP) is 4.07. The minimum Gasteiger partial charge on any atom is -0.381 e. The van der Waals surface area contributed by atoms with Crippen LogP contribution in [0.5, 0.6) is 0 Å².